The number of hydrogen-bond acceptors (Lipinski definition) is 2. The van der Waals surface area contributed by atoms with Crippen LogP contribution in [0.5, 0.6) is 0 Å². The zero-order valence-corrected chi connectivity index (χ0v) is 12.4. The van der Waals surface area contributed by atoms with E-state index < -0.39 is 0 Å². The quantitative estimate of drug-likeness (QED) is 0.687. The summed E-state index contributed by atoms with van der Waals surface area (Å²) in [6.45, 7) is 3.79. The van der Waals surface area contributed by atoms with Gasteiger partial charge in [0.15, 0.2) is 0 Å². The normalized spacial score (nSPS) is 10.5. The Bertz CT molecular complexity index is 378. The van der Waals surface area contributed by atoms with Crippen LogP contribution in [0.3, 0.4) is 0 Å². The van der Waals surface area contributed by atoms with Crippen LogP contribution in [-0.4, -0.2) is 43.5 Å². The summed E-state index contributed by atoms with van der Waals surface area (Å²) in [7, 11) is 1.63. The highest BCUT2D eigenvalue weighted by atomic mass is 35.5. The Morgan fingerprint density at radius 1 is 1.26 bits per heavy atom. The minimum atomic E-state index is 0.137. The standard InChI is InChI=1S/C15H22ClNO2/c1-13-3-5-14(6-4-13)7-8-15(18)17(10-9-16)11-12-19-2/h3-6H,7-12H2,1-2H3. The molecule has 0 aromatic heterocycles. The van der Waals surface area contributed by atoms with Gasteiger partial charge in [0, 0.05) is 32.5 Å². The number of benzene rings is 1. The fourth-order valence-corrected chi connectivity index (χ4v) is 2.03. The van der Waals surface area contributed by atoms with Crippen molar-refractivity contribution < 1.29 is 9.53 Å². The van der Waals surface area contributed by atoms with Crippen LogP contribution in [0.2, 0.25) is 0 Å². The number of carbonyl (C=O) groups excluding carboxylic acids is 1. The maximum atomic E-state index is 12.1. The summed E-state index contributed by atoms with van der Waals surface area (Å²) in [5.74, 6) is 0.596. The topological polar surface area (TPSA) is 29.5 Å². The van der Waals surface area contributed by atoms with E-state index in [1.54, 1.807) is 12.0 Å². The van der Waals surface area contributed by atoms with Crippen LogP contribution in [0.1, 0.15) is 17.5 Å². The van der Waals surface area contributed by atoms with E-state index in [1.807, 2.05) is 0 Å². The average molecular weight is 284 g/mol. The van der Waals surface area contributed by atoms with Crippen molar-refractivity contribution in [1.82, 2.24) is 4.90 Å². The van der Waals surface area contributed by atoms with E-state index in [4.69, 9.17) is 16.3 Å². The SMILES string of the molecule is COCCN(CCCl)C(=O)CCc1ccc(C)cc1. The Kier molecular flexibility index (Phi) is 7.53. The van der Waals surface area contributed by atoms with Crippen molar-refractivity contribution >= 4 is 17.5 Å². The molecule has 1 aromatic carbocycles. The maximum absolute atomic E-state index is 12.1. The lowest BCUT2D eigenvalue weighted by molar-refractivity contribution is -0.131. The second kappa shape index (κ2) is 8.94. The van der Waals surface area contributed by atoms with Gasteiger partial charge in [-0.3, -0.25) is 4.79 Å². The lowest BCUT2D eigenvalue weighted by Gasteiger charge is -2.21. The number of nitrogens with zero attached hydrogens (tertiary/aromatic N) is 1. The number of alkyl halides is 1. The zero-order valence-electron chi connectivity index (χ0n) is 11.7. The molecule has 0 aliphatic rings. The molecule has 0 atom stereocenters. The first kappa shape index (κ1) is 16.0. The second-order valence-electron chi connectivity index (χ2n) is 4.55. The highest BCUT2D eigenvalue weighted by Gasteiger charge is 2.12. The highest BCUT2D eigenvalue weighted by molar-refractivity contribution is 6.18. The molecule has 1 rings (SSSR count). The molecule has 0 saturated heterocycles. The third-order valence-corrected chi connectivity index (χ3v) is 3.19. The van der Waals surface area contributed by atoms with Crippen molar-refractivity contribution in [3.05, 3.63) is 35.4 Å². The number of hydrogen-bond donors (Lipinski definition) is 0. The molecule has 0 bridgehead atoms. The maximum Gasteiger partial charge on any atom is 0.223 e. The van der Waals surface area contributed by atoms with Crippen LogP contribution in [0.15, 0.2) is 24.3 Å². The molecule has 0 aliphatic heterocycles. The highest BCUT2D eigenvalue weighted by Crippen LogP contribution is 2.07. The molecule has 0 N–H and O–H groups in total. The summed E-state index contributed by atoms with van der Waals surface area (Å²) in [5.41, 5.74) is 2.43. The van der Waals surface area contributed by atoms with Gasteiger partial charge in [-0.2, -0.15) is 0 Å². The van der Waals surface area contributed by atoms with E-state index in [2.05, 4.69) is 31.2 Å². The summed E-state index contributed by atoms with van der Waals surface area (Å²) < 4.78 is 5.01. The van der Waals surface area contributed by atoms with Crippen molar-refractivity contribution in [2.75, 3.05) is 32.7 Å². The van der Waals surface area contributed by atoms with Gasteiger partial charge < -0.3 is 9.64 Å². The average Bonchev–Trinajstić information content (AvgIpc) is 2.42. The number of halogens is 1. The van der Waals surface area contributed by atoms with Gasteiger partial charge in [0.2, 0.25) is 5.91 Å². The molecule has 4 heteroatoms. The summed E-state index contributed by atoms with van der Waals surface area (Å²) in [5, 5.41) is 0. The zero-order chi connectivity index (χ0) is 14.1. The van der Waals surface area contributed by atoms with Gasteiger partial charge in [-0.1, -0.05) is 29.8 Å². The number of carbonyl (C=O) groups is 1. The summed E-state index contributed by atoms with van der Waals surface area (Å²) in [6, 6.07) is 8.29. The smallest absolute Gasteiger partial charge is 0.223 e. The molecule has 1 aromatic rings. The van der Waals surface area contributed by atoms with Gasteiger partial charge in [0.05, 0.1) is 6.61 Å². The first-order valence-corrected chi connectivity index (χ1v) is 7.09. The number of amides is 1. The molecule has 0 aliphatic carbocycles. The molecular weight excluding hydrogens is 262 g/mol. The molecule has 0 fully saturated rings. The number of methoxy groups -OCH3 is 1. The van der Waals surface area contributed by atoms with Crippen LogP contribution >= 0.6 is 11.6 Å². The van der Waals surface area contributed by atoms with E-state index >= 15 is 0 Å². The summed E-state index contributed by atoms with van der Waals surface area (Å²) >= 11 is 5.72. The first-order valence-electron chi connectivity index (χ1n) is 6.55. The molecule has 0 heterocycles. The van der Waals surface area contributed by atoms with Gasteiger partial charge in [-0.25, -0.2) is 0 Å². The minimum Gasteiger partial charge on any atom is -0.383 e. The van der Waals surface area contributed by atoms with Crippen molar-refractivity contribution in [3.63, 3.8) is 0 Å². The monoisotopic (exact) mass is 283 g/mol. The lowest BCUT2D eigenvalue weighted by Crippen LogP contribution is -2.35. The van der Waals surface area contributed by atoms with E-state index in [0.29, 0.717) is 32.0 Å². The predicted molar refractivity (Wildman–Crippen MR) is 78.7 cm³/mol. The van der Waals surface area contributed by atoms with Gasteiger partial charge in [-0.05, 0) is 18.9 Å². The van der Waals surface area contributed by atoms with Crippen molar-refractivity contribution in [1.29, 1.82) is 0 Å². The largest absolute Gasteiger partial charge is 0.383 e. The molecule has 0 radical (unpaired) electrons. The van der Waals surface area contributed by atoms with Crippen molar-refractivity contribution in [2.45, 2.75) is 19.8 Å². The van der Waals surface area contributed by atoms with Crippen LogP contribution < -0.4 is 0 Å². The van der Waals surface area contributed by atoms with Gasteiger partial charge in [-0.15, -0.1) is 11.6 Å². The number of rotatable bonds is 8. The Hall–Kier alpha value is -1.06. The first-order chi connectivity index (χ1) is 9.17. The van der Waals surface area contributed by atoms with Gasteiger partial charge in [0.1, 0.15) is 0 Å². The van der Waals surface area contributed by atoms with Crippen LogP contribution in [0, 0.1) is 6.92 Å². The van der Waals surface area contributed by atoms with Crippen LogP contribution in [-0.2, 0) is 16.0 Å². The fraction of sp³-hybridized carbons (Fsp3) is 0.533. The molecule has 3 nitrogen and oxygen atoms in total. The van der Waals surface area contributed by atoms with E-state index in [0.717, 1.165) is 6.42 Å². The fourth-order valence-electron chi connectivity index (χ4n) is 1.83. The second-order valence-corrected chi connectivity index (χ2v) is 4.93. The minimum absolute atomic E-state index is 0.137. The molecule has 0 unspecified atom stereocenters. The number of ether oxygens (including phenoxy) is 1. The Morgan fingerprint density at radius 3 is 2.53 bits per heavy atom. The molecule has 0 saturated carbocycles. The van der Waals surface area contributed by atoms with Gasteiger partial charge in [0.25, 0.3) is 0 Å². The molecule has 19 heavy (non-hydrogen) atoms. The van der Waals surface area contributed by atoms with Crippen molar-refractivity contribution in [3.8, 4) is 0 Å². The van der Waals surface area contributed by atoms with E-state index in [1.165, 1.54) is 11.1 Å². The molecule has 0 spiro atoms. The Morgan fingerprint density at radius 2 is 1.95 bits per heavy atom. The van der Waals surface area contributed by atoms with Crippen LogP contribution in [0.25, 0.3) is 0 Å². The van der Waals surface area contributed by atoms with Crippen LogP contribution in [0.4, 0.5) is 0 Å². The van der Waals surface area contributed by atoms with Gasteiger partial charge >= 0.3 is 0 Å². The molecule has 1 amide bonds. The lowest BCUT2D eigenvalue weighted by atomic mass is 10.1. The number of aryl methyl sites for hydroxylation is 2. The van der Waals surface area contributed by atoms with E-state index in [9.17, 15) is 4.79 Å². The third-order valence-electron chi connectivity index (χ3n) is 3.02. The third kappa shape index (κ3) is 6.08. The molecular formula is C15H22ClNO2. The Labute approximate surface area is 120 Å². The Balaban J connectivity index is 2.44. The van der Waals surface area contributed by atoms with Crippen molar-refractivity contribution in [2.24, 2.45) is 0 Å². The van der Waals surface area contributed by atoms with E-state index in [-0.39, 0.29) is 5.91 Å². The summed E-state index contributed by atoms with van der Waals surface area (Å²) in [6.07, 6.45) is 1.29. The molecule has 106 valence electrons. The summed E-state index contributed by atoms with van der Waals surface area (Å²) in [4.78, 5) is 13.9. The predicted octanol–water partition coefficient (Wildman–Crippen LogP) is 2.64.